The van der Waals surface area contributed by atoms with Crippen molar-refractivity contribution in [2.45, 2.75) is 51.7 Å². The molecule has 0 aliphatic heterocycles. The largest absolute Gasteiger partial charge is 0.389 e. The molecule has 0 bridgehead atoms. The first-order chi connectivity index (χ1) is 29.8. The molecule has 0 spiro atoms. The molecule has 2 aromatic carbocycles. The van der Waals surface area contributed by atoms with Gasteiger partial charge in [0.2, 0.25) is 0 Å². The first kappa shape index (κ1) is 46.6. The van der Waals surface area contributed by atoms with Crippen LogP contribution in [0.5, 0.6) is 0 Å². The highest BCUT2D eigenvalue weighted by Gasteiger charge is 2.20. The maximum Gasteiger partial charge on any atom is 0.183 e. The van der Waals surface area contributed by atoms with Crippen LogP contribution in [0, 0.1) is 23.3 Å². The van der Waals surface area contributed by atoms with E-state index in [1.165, 1.54) is 24.5 Å². The number of nitrogens with one attached hydrogen (secondary N) is 1. The number of anilines is 1. The zero-order valence-electron chi connectivity index (χ0n) is 34.0. The molecule has 0 aliphatic rings. The lowest BCUT2D eigenvalue weighted by molar-refractivity contribution is 0.0898. The average Bonchev–Trinajstić information content (AvgIpc) is 3.81. The molecule has 328 valence electrons. The fourth-order valence-corrected chi connectivity index (χ4v) is 6.01. The van der Waals surface area contributed by atoms with Crippen molar-refractivity contribution in [1.82, 2.24) is 48.7 Å². The monoisotopic (exact) mass is 924 g/mol. The number of nitrogens with two attached hydrogens (primary N) is 1. The predicted octanol–water partition coefficient (Wildman–Crippen LogP) is 7.97. The minimum atomic E-state index is -1.06. The van der Waals surface area contributed by atoms with Crippen molar-refractivity contribution in [2.24, 2.45) is 5.73 Å². The van der Waals surface area contributed by atoms with Crippen LogP contribution in [-0.2, 0) is 12.8 Å². The summed E-state index contributed by atoms with van der Waals surface area (Å²) >= 11 is 18.2. The van der Waals surface area contributed by atoms with Crippen molar-refractivity contribution in [3.8, 4) is 23.0 Å². The number of aromatic nitrogens is 10. The molecule has 0 radical (unpaired) electrons. The molecule has 21 heteroatoms. The Hall–Kier alpha value is -5.89. The lowest BCUT2D eigenvalue weighted by Crippen LogP contribution is -2.30. The standard InChI is InChI=1S/C21H19ClF2N6O.C17H9Cl2F2N5.C4H11NO/c1-21(2,31)11-27-18-14(24)8-25-19(29-18)16-10-30-17(22)9-26-20(30)15(28-16)7-12-5-3-4-6-13(12)23;18-14-7-23-17-12(5-9-3-1-2-4-10(9)20)24-13(8-26(14)17)16-22-6-11(21)15(19)25-16;1-4(2,6)3-5/h3-6,8-10,31H,7,11H2,1-2H3,(H,25,27,29);1-4,6-8H,5H2;6H,3,5H2,1-2H3. The fraction of sp³-hybridized carbons (Fsp3) is 0.238. The van der Waals surface area contributed by atoms with Crippen molar-refractivity contribution in [1.29, 1.82) is 0 Å². The molecule has 6 heterocycles. The Morgan fingerprint density at radius 3 is 1.48 bits per heavy atom. The molecule has 8 rings (SSSR count). The second kappa shape index (κ2) is 19.7. The maximum atomic E-state index is 14.2. The summed E-state index contributed by atoms with van der Waals surface area (Å²) in [6, 6.07) is 12.8. The summed E-state index contributed by atoms with van der Waals surface area (Å²) in [5.41, 5.74) is 6.73. The summed E-state index contributed by atoms with van der Waals surface area (Å²) < 4.78 is 58.9. The first-order valence-electron chi connectivity index (χ1n) is 18.9. The van der Waals surface area contributed by atoms with Crippen molar-refractivity contribution in [2.75, 3.05) is 18.4 Å². The van der Waals surface area contributed by atoms with E-state index in [2.05, 4.69) is 45.2 Å². The van der Waals surface area contributed by atoms with Crippen LogP contribution in [0.4, 0.5) is 23.4 Å². The summed E-state index contributed by atoms with van der Waals surface area (Å²) in [5, 5.41) is 21.7. The van der Waals surface area contributed by atoms with E-state index in [4.69, 9.17) is 45.6 Å². The topological polar surface area (TPSA) is 190 Å². The van der Waals surface area contributed by atoms with Gasteiger partial charge in [0.25, 0.3) is 0 Å². The summed E-state index contributed by atoms with van der Waals surface area (Å²) in [7, 11) is 0. The van der Waals surface area contributed by atoms with E-state index in [-0.39, 0.29) is 53.6 Å². The van der Waals surface area contributed by atoms with Crippen LogP contribution in [0.1, 0.15) is 50.2 Å². The smallest absolute Gasteiger partial charge is 0.183 e. The first-order valence-corrected chi connectivity index (χ1v) is 20.1. The molecule has 63 heavy (non-hydrogen) atoms. The molecule has 6 aromatic heterocycles. The van der Waals surface area contributed by atoms with E-state index in [0.717, 1.165) is 12.4 Å². The molecule has 0 amide bonds. The second-order valence-electron chi connectivity index (χ2n) is 15.1. The van der Waals surface area contributed by atoms with Gasteiger partial charge in [-0.2, -0.15) is 0 Å². The number of hydrogen-bond acceptors (Lipinski definition) is 12. The molecule has 0 atom stereocenters. The molecule has 0 fully saturated rings. The third-order valence-corrected chi connectivity index (χ3v) is 9.58. The molecular weight excluding hydrogens is 887 g/mol. The Morgan fingerprint density at radius 1 is 0.603 bits per heavy atom. The number of halogens is 7. The molecule has 0 aliphatic carbocycles. The highest BCUT2D eigenvalue weighted by atomic mass is 35.5. The molecule has 0 saturated carbocycles. The summed E-state index contributed by atoms with van der Waals surface area (Å²) in [6.07, 6.45) is 8.42. The van der Waals surface area contributed by atoms with Crippen LogP contribution < -0.4 is 11.1 Å². The van der Waals surface area contributed by atoms with Gasteiger partial charge in [0, 0.05) is 38.3 Å². The highest BCUT2D eigenvalue weighted by molar-refractivity contribution is 6.30. The van der Waals surface area contributed by atoms with Gasteiger partial charge in [0.15, 0.2) is 45.5 Å². The third kappa shape index (κ3) is 12.0. The van der Waals surface area contributed by atoms with Crippen LogP contribution in [0.2, 0.25) is 15.5 Å². The molecular formula is C42H39Cl3F4N12O2. The van der Waals surface area contributed by atoms with Crippen LogP contribution in [-0.4, -0.2) is 83.2 Å². The van der Waals surface area contributed by atoms with Gasteiger partial charge < -0.3 is 21.3 Å². The van der Waals surface area contributed by atoms with Crippen molar-refractivity contribution in [3.05, 3.63) is 147 Å². The highest BCUT2D eigenvalue weighted by Crippen LogP contribution is 2.26. The van der Waals surface area contributed by atoms with Crippen molar-refractivity contribution >= 4 is 51.9 Å². The lowest BCUT2D eigenvalue weighted by Gasteiger charge is -2.18. The van der Waals surface area contributed by atoms with Crippen LogP contribution in [0.15, 0.2) is 85.7 Å². The fourth-order valence-electron chi connectivity index (χ4n) is 5.53. The van der Waals surface area contributed by atoms with Gasteiger partial charge in [0.05, 0.1) is 47.4 Å². The number of nitrogens with zero attached hydrogens (tertiary/aromatic N) is 10. The Morgan fingerprint density at radius 2 is 1.05 bits per heavy atom. The molecule has 5 N–H and O–H groups in total. The molecule has 14 nitrogen and oxygen atoms in total. The molecule has 0 unspecified atom stereocenters. The van der Waals surface area contributed by atoms with E-state index < -0.39 is 22.8 Å². The van der Waals surface area contributed by atoms with E-state index >= 15 is 0 Å². The Kier molecular flexibility index (Phi) is 14.5. The summed E-state index contributed by atoms with van der Waals surface area (Å²) in [5.74, 6) is -1.91. The molecule has 0 saturated heterocycles. The molecule has 8 aromatic rings. The Bertz CT molecular complexity index is 2890. The minimum Gasteiger partial charge on any atom is -0.389 e. The second-order valence-corrected chi connectivity index (χ2v) is 16.3. The Balaban J connectivity index is 0.000000188. The van der Waals surface area contributed by atoms with E-state index in [9.17, 15) is 22.7 Å². The number of hydrogen-bond donors (Lipinski definition) is 4. The van der Waals surface area contributed by atoms with Gasteiger partial charge in [-0.05, 0) is 51.0 Å². The normalized spacial score (nSPS) is 11.6. The zero-order valence-corrected chi connectivity index (χ0v) is 36.3. The lowest BCUT2D eigenvalue weighted by atomic mass is 10.1. The van der Waals surface area contributed by atoms with Crippen molar-refractivity contribution in [3.63, 3.8) is 0 Å². The van der Waals surface area contributed by atoms with E-state index in [0.29, 0.717) is 62.0 Å². The third-order valence-electron chi connectivity index (χ3n) is 8.76. The number of benzene rings is 2. The van der Waals surface area contributed by atoms with E-state index in [1.54, 1.807) is 85.3 Å². The van der Waals surface area contributed by atoms with Gasteiger partial charge in [-0.25, -0.2) is 57.4 Å². The van der Waals surface area contributed by atoms with Crippen molar-refractivity contribution < 1.29 is 27.8 Å². The van der Waals surface area contributed by atoms with Gasteiger partial charge >= 0.3 is 0 Å². The summed E-state index contributed by atoms with van der Waals surface area (Å²) in [4.78, 5) is 33.6. The quantitative estimate of drug-likeness (QED) is 0.0766. The predicted molar refractivity (Wildman–Crippen MR) is 232 cm³/mol. The van der Waals surface area contributed by atoms with Crippen LogP contribution in [0.3, 0.4) is 0 Å². The van der Waals surface area contributed by atoms with E-state index in [1.807, 2.05) is 0 Å². The van der Waals surface area contributed by atoms with Crippen LogP contribution >= 0.6 is 34.8 Å². The van der Waals surface area contributed by atoms with Gasteiger partial charge in [-0.3, -0.25) is 8.80 Å². The van der Waals surface area contributed by atoms with Gasteiger partial charge in [-0.1, -0.05) is 71.2 Å². The maximum absolute atomic E-state index is 14.2. The number of rotatable bonds is 10. The van der Waals surface area contributed by atoms with Gasteiger partial charge in [-0.15, -0.1) is 0 Å². The number of aliphatic hydroxyl groups is 2. The number of fused-ring (bicyclic) bond motifs is 2. The Labute approximate surface area is 372 Å². The van der Waals surface area contributed by atoms with Gasteiger partial charge in [0.1, 0.15) is 33.3 Å². The average molecular weight is 926 g/mol. The zero-order chi connectivity index (χ0) is 45.6. The number of imidazole rings is 2. The van der Waals surface area contributed by atoms with Crippen LogP contribution in [0.25, 0.3) is 34.3 Å². The summed E-state index contributed by atoms with van der Waals surface area (Å²) in [6.45, 7) is 6.93. The SMILES string of the molecule is CC(C)(O)CN.CC(C)(O)CNc1nc(-c2cn3c(Cl)cnc3c(Cc3ccccc3F)n2)ncc1F.Fc1ccccc1Cc1nc(-c2ncc(F)c(Cl)n2)cn2c(Cl)cnc12. The minimum absolute atomic E-state index is 0.0681.